The topological polar surface area (TPSA) is 67.4 Å². The first kappa shape index (κ1) is 13.1. The predicted octanol–water partition coefficient (Wildman–Crippen LogP) is 2.20. The van der Waals surface area contributed by atoms with Gasteiger partial charge in [0, 0.05) is 0 Å². The Kier molecular flexibility index (Phi) is 5.08. The minimum atomic E-state index is 0.395. The van der Waals surface area contributed by atoms with Gasteiger partial charge in [0.15, 0.2) is 0 Å². The molecule has 0 aromatic carbocycles. The second kappa shape index (κ2) is 6.59. The lowest BCUT2D eigenvalue weighted by Crippen LogP contribution is -2.01. The SMILES string of the molecule is C/C(=C\C=C\C(C)C)c1nnn(CCC#N)n1. The summed E-state index contributed by atoms with van der Waals surface area (Å²) in [5.41, 5.74) is 0.963. The number of aromatic nitrogens is 4. The van der Waals surface area contributed by atoms with Gasteiger partial charge in [0.1, 0.15) is 0 Å². The standard InChI is InChI=1S/C12H17N5/c1-10(2)6-4-7-11(3)12-14-16-17(15-12)9-5-8-13/h4,6-7,10H,5,9H2,1-3H3/b6-4+,11-7+. The van der Waals surface area contributed by atoms with Gasteiger partial charge >= 0.3 is 0 Å². The molecular weight excluding hydrogens is 214 g/mol. The van der Waals surface area contributed by atoms with Gasteiger partial charge in [0.05, 0.1) is 19.0 Å². The quantitative estimate of drug-likeness (QED) is 0.728. The van der Waals surface area contributed by atoms with Crippen LogP contribution in [-0.2, 0) is 6.54 Å². The molecule has 0 bridgehead atoms. The van der Waals surface area contributed by atoms with Crippen molar-refractivity contribution in [1.82, 2.24) is 20.2 Å². The minimum absolute atomic E-state index is 0.395. The van der Waals surface area contributed by atoms with Crippen LogP contribution in [-0.4, -0.2) is 20.2 Å². The Morgan fingerprint density at radius 1 is 1.53 bits per heavy atom. The van der Waals surface area contributed by atoms with Gasteiger partial charge < -0.3 is 0 Å². The minimum Gasteiger partial charge on any atom is -0.198 e. The Morgan fingerprint density at radius 2 is 2.29 bits per heavy atom. The Hall–Kier alpha value is -1.96. The summed E-state index contributed by atoms with van der Waals surface area (Å²) in [4.78, 5) is 1.45. The van der Waals surface area contributed by atoms with Crippen LogP contribution in [0.25, 0.3) is 5.57 Å². The van der Waals surface area contributed by atoms with Crippen molar-refractivity contribution >= 4 is 5.57 Å². The molecule has 0 fully saturated rings. The third-order valence-corrected chi connectivity index (χ3v) is 2.07. The van der Waals surface area contributed by atoms with E-state index >= 15 is 0 Å². The Morgan fingerprint density at radius 3 is 2.94 bits per heavy atom. The van der Waals surface area contributed by atoms with E-state index in [1.807, 2.05) is 25.1 Å². The molecule has 0 spiro atoms. The third-order valence-electron chi connectivity index (χ3n) is 2.07. The molecule has 0 saturated carbocycles. The first-order valence-electron chi connectivity index (χ1n) is 5.63. The van der Waals surface area contributed by atoms with Crippen LogP contribution in [0.15, 0.2) is 18.2 Å². The van der Waals surface area contributed by atoms with Crippen molar-refractivity contribution in [2.75, 3.05) is 0 Å². The maximum absolute atomic E-state index is 8.45. The molecule has 0 aliphatic rings. The second-order valence-corrected chi connectivity index (χ2v) is 4.10. The van der Waals surface area contributed by atoms with Gasteiger partial charge in [-0.2, -0.15) is 10.1 Å². The molecule has 0 N–H and O–H groups in total. The zero-order valence-corrected chi connectivity index (χ0v) is 10.5. The fourth-order valence-electron chi connectivity index (χ4n) is 1.14. The zero-order valence-electron chi connectivity index (χ0n) is 10.5. The van der Waals surface area contributed by atoms with Crippen molar-refractivity contribution < 1.29 is 0 Å². The summed E-state index contributed by atoms with van der Waals surface area (Å²) in [5.74, 6) is 1.13. The number of aryl methyl sites for hydroxylation is 1. The zero-order chi connectivity index (χ0) is 12.7. The van der Waals surface area contributed by atoms with Crippen molar-refractivity contribution in [3.8, 4) is 6.07 Å². The lowest BCUT2D eigenvalue weighted by Gasteiger charge is -1.93. The van der Waals surface area contributed by atoms with E-state index in [4.69, 9.17) is 5.26 Å². The van der Waals surface area contributed by atoms with Gasteiger partial charge in [-0.3, -0.25) is 0 Å². The van der Waals surface area contributed by atoms with Crippen molar-refractivity contribution in [1.29, 1.82) is 5.26 Å². The molecule has 1 aromatic rings. The lowest BCUT2D eigenvalue weighted by molar-refractivity contribution is 0.530. The highest BCUT2D eigenvalue weighted by molar-refractivity contribution is 5.58. The fourth-order valence-corrected chi connectivity index (χ4v) is 1.14. The summed E-state index contributed by atoms with van der Waals surface area (Å²) in [6.45, 7) is 6.67. The van der Waals surface area contributed by atoms with Crippen LogP contribution in [0, 0.1) is 17.2 Å². The molecule has 0 saturated heterocycles. The average Bonchev–Trinajstić information content (AvgIpc) is 2.74. The molecule has 0 amide bonds. The van der Waals surface area contributed by atoms with Crippen LogP contribution < -0.4 is 0 Å². The van der Waals surface area contributed by atoms with E-state index in [1.165, 1.54) is 4.80 Å². The molecule has 1 aromatic heterocycles. The first-order valence-corrected chi connectivity index (χ1v) is 5.63. The molecule has 17 heavy (non-hydrogen) atoms. The number of hydrogen-bond donors (Lipinski definition) is 0. The van der Waals surface area contributed by atoms with Crippen molar-refractivity contribution in [2.45, 2.75) is 33.7 Å². The molecule has 0 aliphatic heterocycles. The van der Waals surface area contributed by atoms with Crippen LogP contribution in [0.1, 0.15) is 33.0 Å². The number of hydrogen-bond acceptors (Lipinski definition) is 4. The number of allylic oxidation sites excluding steroid dienone is 4. The van der Waals surface area contributed by atoms with E-state index < -0.39 is 0 Å². The van der Waals surface area contributed by atoms with Crippen LogP contribution in [0.4, 0.5) is 0 Å². The summed E-state index contributed by atoms with van der Waals surface area (Å²) < 4.78 is 0. The summed E-state index contributed by atoms with van der Waals surface area (Å²) in [6, 6.07) is 2.05. The molecule has 1 heterocycles. The van der Waals surface area contributed by atoms with E-state index in [0.29, 0.717) is 24.7 Å². The molecule has 90 valence electrons. The molecule has 5 nitrogen and oxygen atoms in total. The van der Waals surface area contributed by atoms with Crippen molar-refractivity contribution in [3.63, 3.8) is 0 Å². The van der Waals surface area contributed by atoms with E-state index in [2.05, 4.69) is 35.3 Å². The van der Waals surface area contributed by atoms with Crippen LogP contribution in [0.5, 0.6) is 0 Å². The second-order valence-electron chi connectivity index (χ2n) is 4.10. The lowest BCUT2D eigenvalue weighted by atomic mass is 10.2. The average molecular weight is 231 g/mol. The Bertz CT molecular complexity index is 448. The number of nitriles is 1. The number of nitrogens with zero attached hydrogens (tertiary/aromatic N) is 5. The van der Waals surface area contributed by atoms with Gasteiger partial charge in [0.2, 0.25) is 5.82 Å². The van der Waals surface area contributed by atoms with E-state index in [-0.39, 0.29) is 0 Å². The number of tetrazole rings is 1. The van der Waals surface area contributed by atoms with Crippen molar-refractivity contribution in [3.05, 3.63) is 24.1 Å². The van der Waals surface area contributed by atoms with Crippen LogP contribution in [0.2, 0.25) is 0 Å². The normalized spacial score (nSPS) is 12.3. The molecule has 0 atom stereocenters. The highest BCUT2D eigenvalue weighted by Crippen LogP contribution is 2.07. The van der Waals surface area contributed by atoms with Crippen LogP contribution >= 0.6 is 0 Å². The van der Waals surface area contributed by atoms with Gasteiger partial charge in [-0.15, -0.1) is 10.2 Å². The smallest absolute Gasteiger partial charge is 0.198 e. The Balaban J connectivity index is 2.66. The number of rotatable bonds is 5. The fraction of sp³-hybridized carbons (Fsp3) is 0.500. The van der Waals surface area contributed by atoms with Gasteiger partial charge in [-0.1, -0.05) is 32.1 Å². The highest BCUT2D eigenvalue weighted by atomic mass is 15.6. The summed E-state index contributed by atoms with van der Waals surface area (Å²) >= 11 is 0. The molecule has 0 aliphatic carbocycles. The van der Waals surface area contributed by atoms with E-state index in [0.717, 1.165) is 5.57 Å². The third kappa shape index (κ3) is 4.60. The summed E-state index contributed by atoms with van der Waals surface area (Å²) in [5, 5.41) is 20.5. The predicted molar refractivity (Wildman–Crippen MR) is 65.7 cm³/mol. The maximum atomic E-state index is 8.45. The molecule has 1 rings (SSSR count). The Labute approximate surface area is 101 Å². The first-order chi connectivity index (χ1) is 8.13. The molecule has 0 radical (unpaired) electrons. The maximum Gasteiger partial charge on any atom is 0.200 e. The molecule has 5 heteroatoms. The molecule has 0 unspecified atom stereocenters. The van der Waals surface area contributed by atoms with Gasteiger partial charge in [-0.05, 0) is 23.6 Å². The monoisotopic (exact) mass is 231 g/mol. The molecular formula is C12H17N5. The summed E-state index contributed by atoms with van der Waals surface area (Å²) in [7, 11) is 0. The van der Waals surface area contributed by atoms with Crippen LogP contribution in [0.3, 0.4) is 0 Å². The summed E-state index contributed by atoms with van der Waals surface area (Å²) in [6.07, 6.45) is 6.46. The van der Waals surface area contributed by atoms with Gasteiger partial charge in [-0.25, -0.2) is 0 Å². The van der Waals surface area contributed by atoms with Gasteiger partial charge in [0.25, 0.3) is 0 Å². The highest BCUT2D eigenvalue weighted by Gasteiger charge is 2.03. The van der Waals surface area contributed by atoms with Crippen molar-refractivity contribution in [2.24, 2.45) is 5.92 Å². The van der Waals surface area contributed by atoms with E-state index in [9.17, 15) is 0 Å². The largest absolute Gasteiger partial charge is 0.200 e. The van der Waals surface area contributed by atoms with E-state index in [1.54, 1.807) is 0 Å².